The zero-order chi connectivity index (χ0) is 20.9. The summed E-state index contributed by atoms with van der Waals surface area (Å²) in [5, 5.41) is 15.2. The number of nitrogens with one attached hydrogen (secondary N) is 2. The summed E-state index contributed by atoms with van der Waals surface area (Å²) < 4.78 is 5.94. The summed E-state index contributed by atoms with van der Waals surface area (Å²) in [6.07, 6.45) is 3.44. The number of hydrogen-bond acceptors (Lipinski definition) is 7. The Hall–Kier alpha value is -2.58. The predicted molar refractivity (Wildman–Crippen MR) is 123 cm³/mol. The highest BCUT2D eigenvalue weighted by molar-refractivity contribution is 8.02. The van der Waals surface area contributed by atoms with E-state index in [2.05, 4.69) is 33.0 Å². The summed E-state index contributed by atoms with van der Waals surface area (Å²) in [5.41, 5.74) is 4.75. The molecule has 3 aromatic rings. The van der Waals surface area contributed by atoms with E-state index in [0.717, 1.165) is 39.3 Å². The summed E-state index contributed by atoms with van der Waals surface area (Å²) in [7, 11) is 1.65. The van der Waals surface area contributed by atoms with Crippen LogP contribution in [-0.4, -0.2) is 28.5 Å². The van der Waals surface area contributed by atoms with Crippen LogP contribution in [0.15, 0.2) is 46.8 Å². The minimum absolute atomic E-state index is 0.0270. The van der Waals surface area contributed by atoms with E-state index in [4.69, 9.17) is 4.74 Å². The van der Waals surface area contributed by atoms with Crippen LogP contribution >= 0.6 is 23.1 Å². The van der Waals surface area contributed by atoms with Crippen molar-refractivity contribution in [2.24, 2.45) is 0 Å². The molecule has 0 bridgehead atoms. The molecule has 1 aromatic heterocycles. The molecule has 30 heavy (non-hydrogen) atoms. The van der Waals surface area contributed by atoms with Crippen molar-refractivity contribution in [3.63, 3.8) is 0 Å². The lowest BCUT2D eigenvalue weighted by molar-refractivity contribution is -0.115. The predicted octanol–water partition coefficient (Wildman–Crippen LogP) is 4.77. The molecule has 0 aliphatic heterocycles. The number of thioether (sulfide) groups is 1. The topological polar surface area (TPSA) is 76.1 Å². The number of hydrogen-bond donors (Lipinski definition) is 2. The van der Waals surface area contributed by atoms with Crippen LogP contribution in [-0.2, 0) is 24.2 Å². The van der Waals surface area contributed by atoms with E-state index in [-0.39, 0.29) is 11.2 Å². The Morgan fingerprint density at radius 3 is 2.77 bits per heavy atom. The van der Waals surface area contributed by atoms with Gasteiger partial charge in [-0.25, -0.2) is 0 Å². The average Bonchev–Trinajstić information content (AvgIpc) is 3.41. The van der Waals surface area contributed by atoms with Crippen LogP contribution in [0.4, 0.5) is 10.8 Å². The number of aryl methyl sites for hydroxylation is 2. The van der Waals surface area contributed by atoms with E-state index in [1.807, 2.05) is 37.3 Å². The Bertz CT molecular complexity index is 1020. The fraction of sp³-hybridized carbons (Fsp3) is 0.318. The van der Waals surface area contributed by atoms with Gasteiger partial charge in [0.2, 0.25) is 11.0 Å². The summed E-state index contributed by atoms with van der Waals surface area (Å²) in [5.74, 6) is 0.807. The molecular formula is C22H24N4O2S2. The van der Waals surface area contributed by atoms with Gasteiger partial charge in [0.25, 0.3) is 0 Å². The molecule has 1 aliphatic rings. The molecule has 2 aromatic carbocycles. The van der Waals surface area contributed by atoms with Crippen molar-refractivity contribution < 1.29 is 9.53 Å². The molecule has 156 valence electrons. The van der Waals surface area contributed by atoms with Crippen molar-refractivity contribution in [1.82, 2.24) is 10.2 Å². The first-order valence-electron chi connectivity index (χ1n) is 9.90. The molecule has 0 saturated carbocycles. The molecule has 6 nitrogen and oxygen atoms in total. The number of carbonyl (C=O) groups is 1. The maximum absolute atomic E-state index is 12.6. The number of methoxy groups -OCH3 is 1. The SMILES string of the molecule is COc1ccc(CNc2nnc(SC(C)C(=O)Nc3ccc4c(c3)CCC4)s2)cc1. The number of amides is 1. The van der Waals surface area contributed by atoms with E-state index >= 15 is 0 Å². The van der Waals surface area contributed by atoms with Gasteiger partial charge >= 0.3 is 0 Å². The molecule has 1 atom stereocenters. The van der Waals surface area contributed by atoms with Gasteiger partial charge in [0.15, 0.2) is 4.34 Å². The molecule has 1 unspecified atom stereocenters. The molecule has 8 heteroatoms. The van der Waals surface area contributed by atoms with E-state index in [9.17, 15) is 4.79 Å². The Labute approximate surface area is 184 Å². The molecule has 0 saturated heterocycles. The van der Waals surface area contributed by atoms with Crippen LogP contribution in [0.5, 0.6) is 5.75 Å². The highest BCUT2D eigenvalue weighted by Crippen LogP contribution is 2.30. The minimum Gasteiger partial charge on any atom is -0.497 e. The molecule has 0 spiro atoms. The molecule has 1 amide bonds. The maximum Gasteiger partial charge on any atom is 0.237 e. The van der Waals surface area contributed by atoms with Gasteiger partial charge in [-0.1, -0.05) is 41.3 Å². The molecule has 1 heterocycles. The number of nitrogens with zero attached hydrogens (tertiary/aromatic N) is 2. The first-order valence-corrected chi connectivity index (χ1v) is 11.6. The van der Waals surface area contributed by atoms with Crippen molar-refractivity contribution in [2.75, 3.05) is 17.7 Å². The summed E-state index contributed by atoms with van der Waals surface area (Å²) in [6.45, 7) is 2.54. The van der Waals surface area contributed by atoms with Crippen molar-refractivity contribution in [3.8, 4) is 5.75 Å². The van der Waals surface area contributed by atoms with Gasteiger partial charge < -0.3 is 15.4 Å². The van der Waals surface area contributed by atoms with Crippen LogP contribution in [0.3, 0.4) is 0 Å². The molecule has 4 rings (SSSR count). The van der Waals surface area contributed by atoms with Crippen molar-refractivity contribution in [2.45, 2.75) is 42.3 Å². The lowest BCUT2D eigenvalue weighted by Gasteiger charge is -2.11. The van der Waals surface area contributed by atoms with Gasteiger partial charge in [-0.05, 0) is 67.1 Å². The molecule has 0 radical (unpaired) electrons. The minimum atomic E-state index is -0.263. The Morgan fingerprint density at radius 1 is 1.17 bits per heavy atom. The second-order valence-corrected chi connectivity index (χ2v) is 9.73. The van der Waals surface area contributed by atoms with E-state index in [0.29, 0.717) is 6.54 Å². The van der Waals surface area contributed by atoms with Gasteiger partial charge in [-0.15, -0.1) is 10.2 Å². The van der Waals surface area contributed by atoms with Gasteiger partial charge in [-0.3, -0.25) is 4.79 Å². The first-order chi connectivity index (χ1) is 14.6. The second-order valence-electron chi connectivity index (χ2n) is 7.16. The average molecular weight is 441 g/mol. The quantitative estimate of drug-likeness (QED) is 0.492. The zero-order valence-electron chi connectivity index (χ0n) is 17.0. The van der Waals surface area contributed by atoms with Crippen LogP contribution in [0.25, 0.3) is 0 Å². The maximum atomic E-state index is 12.6. The third-order valence-corrected chi connectivity index (χ3v) is 7.09. The normalized spacial score (nSPS) is 13.5. The lowest BCUT2D eigenvalue weighted by atomic mass is 10.1. The number of aromatic nitrogens is 2. The summed E-state index contributed by atoms with van der Waals surface area (Å²) in [6, 6.07) is 14.1. The molecular weight excluding hydrogens is 416 g/mol. The summed E-state index contributed by atoms with van der Waals surface area (Å²) in [4.78, 5) is 12.6. The van der Waals surface area contributed by atoms with Gasteiger partial charge in [0.05, 0.1) is 12.4 Å². The Kier molecular flexibility index (Phi) is 6.54. The van der Waals surface area contributed by atoms with Crippen LogP contribution in [0, 0.1) is 0 Å². The molecule has 2 N–H and O–H groups in total. The number of fused-ring (bicyclic) bond motifs is 1. The highest BCUT2D eigenvalue weighted by Gasteiger charge is 2.18. The van der Waals surface area contributed by atoms with Gasteiger partial charge in [-0.2, -0.15) is 0 Å². The third-order valence-electron chi connectivity index (χ3n) is 5.02. The van der Waals surface area contributed by atoms with Crippen molar-refractivity contribution in [3.05, 3.63) is 59.2 Å². The summed E-state index contributed by atoms with van der Waals surface area (Å²) >= 11 is 2.87. The number of rotatable bonds is 8. The zero-order valence-corrected chi connectivity index (χ0v) is 18.6. The fourth-order valence-electron chi connectivity index (χ4n) is 3.35. The van der Waals surface area contributed by atoms with Crippen molar-refractivity contribution in [1.29, 1.82) is 0 Å². The Morgan fingerprint density at radius 2 is 1.97 bits per heavy atom. The largest absolute Gasteiger partial charge is 0.497 e. The first kappa shape index (κ1) is 20.7. The fourth-order valence-corrected chi connectivity index (χ4v) is 5.24. The standard InChI is InChI=1S/C22H24N4O2S2/c1-14(20(27)24-18-9-8-16-4-3-5-17(16)12-18)29-22-26-25-21(30-22)23-13-15-6-10-19(28-2)11-7-15/h6-12,14H,3-5,13H2,1-2H3,(H,23,25)(H,24,27). The number of carbonyl (C=O) groups excluding carboxylic acids is 1. The highest BCUT2D eigenvalue weighted by atomic mass is 32.2. The lowest BCUT2D eigenvalue weighted by Crippen LogP contribution is -2.22. The van der Waals surface area contributed by atoms with Gasteiger partial charge in [0, 0.05) is 12.2 Å². The number of anilines is 2. The third kappa shape index (κ3) is 5.12. The number of benzene rings is 2. The van der Waals surface area contributed by atoms with Crippen LogP contribution in [0.1, 0.15) is 30.0 Å². The van der Waals surface area contributed by atoms with Crippen molar-refractivity contribution >= 4 is 39.8 Å². The van der Waals surface area contributed by atoms with E-state index in [1.165, 1.54) is 40.6 Å². The van der Waals surface area contributed by atoms with E-state index < -0.39 is 0 Å². The molecule has 1 aliphatic carbocycles. The Balaban J connectivity index is 1.28. The number of ether oxygens (including phenoxy) is 1. The van der Waals surface area contributed by atoms with Crippen LogP contribution < -0.4 is 15.4 Å². The van der Waals surface area contributed by atoms with E-state index in [1.54, 1.807) is 7.11 Å². The smallest absolute Gasteiger partial charge is 0.237 e. The van der Waals surface area contributed by atoms with Gasteiger partial charge in [0.1, 0.15) is 5.75 Å². The second kappa shape index (κ2) is 9.49. The van der Waals surface area contributed by atoms with Crippen LogP contribution in [0.2, 0.25) is 0 Å². The monoisotopic (exact) mass is 440 g/mol. The molecule has 0 fully saturated rings.